The van der Waals surface area contributed by atoms with Crippen molar-refractivity contribution in [3.63, 3.8) is 0 Å². The van der Waals surface area contributed by atoms with Gasteiger partial charge in [-0.15, -0.1) is 11.3 Å². The van der Waals surface area contributed by atoms with Gasteiger partial charge in [0.25, 0.3) is 0 Å². The highest BCUT2D eigenvalue weighted by Crippen LogP contribution is 2.47. The summed E-state index contributed by atoms with van der Waals surface area (Å²) in [5.74, 6) is -0.660. The van der Waals surface area contributed by atoms with Crippen LogP contribution in [0.15, 0.2) is 35.2 Å². The summed E-state index contributed by atoms with van der Waals surface area (Å²) in [6.45, 7) is 7.47. The lowest BCUT2D eigenvalue weighted by molar-refractivity contribution is -0.184. The quantitative estimate of drug-likeness (QED) is 0.398. The molecule has 1 amide bonds. The molecule has 37 heavy (non-hydrogen) atoms. The summed E-state index contributed by atoms with van der Waals surface area (Å²) >= 11 is 1.57. The minimum Gasteiger partial charge on any atom is -0.317 e. The van der Waals surface area contributed by atoms with Crippen LogP contribution in [0.25, 0.3) is 0 Å². The van der Waals surface area contributed by atoms with Gasteiger partial charge in [0.1, 0.15) is 0 Å². The first kappa shape index (κ1) is 28.1. The molecule has 1 fully saturated rings. The fraction of sp³-hybridized carbons (Fsp3) is 0.593. The van der Waals surface area contributed by atoms with Gasteiger partial charge in [-0.2, -0.15) is 13.2 Å². The summed E-state index contributed by atoms with van der Waals surface area (Å²) in [4.78, 5) is 16.6. The van der Waals surface area contributed by atoms with Crippen LogP contribution in [-0.4, -0.2) is 37.7 Å². The van der Waals surface area contributed by atoms with E-state index in [1.54, 1.807) is 42.5 Å². The zero-order chi connectivity index (χ0) is 27.0. The van der Waals surface area contributed by atoms with Crippen LogP contribution >= 0.6 is 11.3 Å². The predicted molar refractivity (Wildman–Crippen MR) is 140 cm³/mol. The molecule has 0 bridgehead atoms. The second kappa shape index (κ2) is 11.1. The Kier molecular flexibility index (Phi) is 8.40. The highest BCUT2D eigenvalue weighted by atomic mass is 32.2. The third kappa shape index (κ3) is 6.57. The Morgan fingerprint density at radius 3 is 2.35 bits per heavy atom. The number of hydrogen-bond acceptors (Lipinski definition) is 5. The number of fused-ring (bicyclic) bond motifs is 1. The van der Waals surface area contributed by atoms with E-state index in [0.29, 0.717) is 18.8 Å². The number of amides is 1. The predicted octanol–water partition coefficient (Wildman–Crippen LogP) is 6.60. The Morgan fingerprint density at radius 1 is 1.14 bits per heavy atom. The van der Waals surface area contributed by atoms with Gasteiger partial charge in [-0.25, -0.2) is 8.42 Å². The molecular weight excluding hydrogens is 521 g/mol. The SMILES string of the molecule is CCS(=O)(=O)c1ccc(CC(=O)Nc2cc3c(s2)C(C(C)C)N(C[C@H]2CC[C@H](C(F)(F)F)CC2)C3)cc1. The number of anilines is 1. The largest absolute Gasteiger partial charge is 0.391 e. The Bertz CT molecular complexity index is 1200. The van der Waals surface area contributed by atoms with E-state index in [2.05, 4.69) is 24.1 Å². The van der Waals surface area contributed by atoms with Crippen LogP contribution in [0.1, 0.15) is 68.5 Å². The van der Waals surface area contributed by atoms with Crippen molar-refractivity contribution in [3.8, 4) is 0 Å². The van der Waals surface area contributed by atoms with Gasteiger partial charge >= 0.3 is 6.18 Å². The summed E-state index contributed by atoms with van der Waals surface area (Å²) in [7, 11) is -3.27. The molecular formula is C27H35F3N2O3S2. The van der Waals surface area contributed by atoms with E-state index in [1.165, 1.54) is 10.4 Å². The maximum Gasteiger partial charge on any atom is 0.391 e. The number of nitrogens with zero attached hydrogens (tertiary/aromatic N) is 1. The zero-order valence-electron chi connectivity index (χ0n) is 21.5. The van der Waals surface area contributed by atoms with Crippen molar-refractivity contribution in [2.45, 2.75) is 76.5 Å². The maximum atomic E-state index is 13.0. The fourth-order valence-corrected chi connectivity index (χ4v) is 7.90. The van der Waals surface area contributed by atoms with E-state index in [0.717, 1.165) is 23.7 Å². The van der Waals surface area contributed by atoms with E-state index in [4.69, 9.17) is 0 Å². The Balaban J connectivity index is 1.35. The van der Waals surface area contributed by atoms with Gasteiger partial charge in [0, 0.05) is 24.0 Å². The molecule has 204 valence electrons. The Hall–Kier alpha value is -1.91. The number of benzene rings is 1. The molecule has 4 rings (SSSR count). The lowest BCUT2D eigenvalue weighted by Crippen LogP contribution is -2.35. The van der Waals surface area contributed by atoms with Crippen molar-refractivity contribution in [1.82, 2.24) is 4.90 Å². The van der Waals surface area contributed by atoms with Gasteiger partial charge in [-0.05, 0) is 66.8 Å². The minimum atomic E-state index is -4.08. The lowest BCUT2D eigenvalue weighted by Gasteiger charge is -2.35. The number of carbonyl (C=O) groups is 1. The topological polar surface area (TPSA) is 66.5 Å². The van der Waals surface area contributed by atoms with Crippen molar-refractivity contribution in [2.24, 2.45) is 17.8 Å². The van der Waals surface area contributed by atoms with Crippen LogP contribution in [0.3, 0.4) is 0 Å². The summed E-state index contributed by atoms with van der Waals surface area (Å²) in [6, 6.07) is 8.64. The molecule has 0 spiro atoms. The van der Waals surface area contributed by atoms with Crippen LogP contribution in [-0.2, 0) is 27.6 Å². The molecule has 2 aromatic rings. The first-order valence-electron chi connectivity index (χ1n) is 12.9. The standard InChI is InChI=1S/C27H35F3N2O3S2/c1-4-37(34,35)22-11-7-18(8-12-22)13-23(33)31-24-14-20-16-32(25(17(2)3)26(20)36-24)15-19-5-9-21(10-6-19)27(28,29)30/h7-8,11-12,14,17,19,21,25H,4-6,9-10,13,15-16H2,1-3H3,(H,31,33)/t19-,21-,25?. The number of nitrogens with one attached hydrogen (secondary N) is 1. The van der Waals surface area contributed by atoms with Crippen LogP contribution in [0, 0.1) is 17.8 Å². The second-order valence-corrected chi connectivity index (χ2v) is 14.0. The number of thiophene rings is 1. The average molecular weight is 557 g/mol. The molecule has 0 radical (unpaired) electrons. The number of rotatable bonds is 8. The van der Waals surface area contributed by atoms with Gasteiger partial charge in [-0.3, -0.25) is 9.69 Å². The normalized spacial score (nSPS) is 22.8. The molecule has 5 nitrogen and oxygen atoms in total. The fourth-order valence-electron chi connectivity index (χ4n) is 5.62. The van der Waals surface area contributed by atoms with Crippen molar-refractivity contribution < 1.29 is 26.4 Å². The monoisotopic (exact) mass is 556 g/mol. The highest BCUT2D eigenvalue weighted by molar-refractivity contribution is 7.91. The van der Waals surface area contributed by atoms with Crippen molar-refractivity contribution >= 4 is 32.1 Å². The van der Waals surface area contributed by atoms with Crippen LogP contribution < -0.4 is 5.32 Å². The van der Waals surface area contributed by atoms with Crippen molar-refractivity contribution in [1.29, 1.82) is 0 Å². The number of alkyl halides is 3. The summed E-state index contributed by atoms with van der Waals surface area (Å²) in [5, 5.41) is 3.77. The molecule has 1 aromatic heterocycles. The van der Waals surface area contributed by atoms with Crippen LogP contribution in [0.2, 0.25) is 0 Å². The average Bonchev–Trinajstić information content (AvgIpc) is 3.35. The zero-order valence-corrected chi connectivity index (χ0v) is 23.1. The third-order valence-corrected chi connectivity index (χ3v) is 10.5. The first-order chi connectivity index (χ1) is 17.4. The summed E-state index contributed by atoms with van der Waals surface area (Å²) < 4.78 is 63.1. The second-order valence-electron chi connectivity index (χ2n) is 10.7. The molecule has 0 saturated heterocycles. The highest BCUT2D eigenvalue weighted by Gasteiger charge is 2.42. The molecule has 1 aliphatic heterocycles. The molecule has 1 aromatic carbocycles. The van der Waals surface area contributed by atoms with E-state index >= 15 is 0 Å². The van der Waals surface area contributed by atoms with Crippen LogP contribution in [0.5, 0.6) is 0 Å². The molecule has 1 aliphatic carbocycles. The van der Waals surface area contributed by atoms with E-state index in [-0.39, 0.29) is 47.8 Å². The van der Waals surface area contributed by atoms with E-state index < -0.39 is 21.9 Å². The maximum absolute atomic E-state index is 13.0. The smallest absolute Gasteiger partial charge is 0.317 e. The third-order valence-electron chi connectivity index (χ3n) is 7.60. The number of halogens is 3. The van der Waals surface area contributed by atoms with Crippen molar-refractivity contribution in [3.05, 3.63) is 46.3 Å². The minimum absolute atomic E-state index is 0.0316. The summed E-state index contributed by atoms with van der Waals surface area (Å²) in [5.41, 5.74) is 1.92. The van der Waals surface area contributed by atoms with Gasteiger partial charge in [0.05, 0.1) is 28.0 Å². The van der Waals surface area contributed by atoms with Gasteiger partial charge in [0.2, 0.25) is 5.91 Å². The first-order valence-corrected chi connectivity index (χ1v) is 15.4. The Morgan fingerprint density at radius 2 is 1.78 bits per heavy atom. The van der Waals surface area contributed by atoms with Gasteiger partial charge in [0.15, 0.2) is 9.84 Å². The van der Waals surface area contributed by atoms with E-state index in [1.807, 2.05) is 6.07 Å². The number of sulfone groups is 1. The lowest BCUT2D eigenvalue weighted by atomic mass is 9.81. The molecule has 2 heterocycles. The van der Waals surface area contributed by atoms with Crippen LogP contribution in [0.4, 0.5) is 18.2 Å². The molecule has 1 saturated carbocycles. The number of carbonyl (C=O) groups excluding carboxylic acids is 1. The molecule has 10 heteroatoms. The molecule has 1 N–H and O–H groups in total. The Labute approximate surface area is 221 Å². The van der Waals surface area contributed by atoms with Gasteiger partial charge in [-0.1, -0.05) is 32.9 Å². The summed E-state index contributed by atoms with van der Waals surface area (Å²) in [6.07, 6.45) is -2.25. The van der Waals surface area contributed by atoms with Crippen molar-refractivity contribution in [2.75, 3.05) is 17.6 Å². The molecule has 2 aliphatic rings. The molecule has 1 unspecified atom stereocenters. The molecule has 1 atom stereocenters. The van der Waals surface area contributed by atoms with E-state index in [9.17, 15) is 26.4 Å². The number of hydrogen-bond donors (Lipinski definition) is 1. The van der Waals surface area contributed by atoms with Gasteiger partial charge < -0.3 is 5.32 Å².